The minimum atomic E-state index is -0.569. The van der Waals surface area contributed by atoms with Crippen LogP contribution in [0, 0.1) is 0 Å². The van der Waals surface area contributed by atoms with Gasteiger partial charge in [-0.3, -0.25) is 0 Å². The van der Waals surface area contributed by atoms with E-state index >= 15 is 0 Å². The lowest BCUT2D eigenvalue weighted by Gasteiger charge is -2.10. The predicted molar refractivity (Wildman–Crippen MR) is 46.7 cm³/mol. The van der Waals surface area contributed by atoms with E-state index in [1.165, 1.54) is 0 Å². The highest BCUT2D eigenvalue weighted by atomic mass is 16.3. The molecule has 0 aliphatic heterocycles. The van der Waals surface area contributed by atoms with Gasteiger partial charge in [0.1, 0.15) is 11.5 Å². The fourth-order valence-electron chi connectivity index (χ4n) is 1.00. The average Bonchev–Trinajstić information content (AvgIpc) is 2.50. The van der Waals surface area contributed by atoms with Gasteiger partial charge in [-0.2, -0.15) is 0 Å². The third kappa shape index (κ3) is 1.87. The molecule has 0 saturated heterocycles. The molecule has 0 aromatic carbocycles. The van der Waals surface area contributed by atoms with Crippen LogP contribution in [0.25, 0.3) is 0 Å². The third-order valence-electron chi connectivity index (χ3n) is 1.88. The highest BCUT2D eigenvalue weighted by molar-refractivity contribution is 5.11. The maximum atomic E-state index is 9.17. The Hall–Kier alpha value is -0.800. The largest absolute Gasteiger partial charge is 0.464 e. The van der Waals surface area contributed by atoms with Gasteiger partial charge in [-0.25, -0.2) is 0 Å². The van der Waals surface area contributed by atoms with Gasteiger partial charge in [-0.15, -0.1) is 0 Å². The predicted octanol–water partition coefficient (Wildman–Crippen LogP) is 1.22. The van der Waals surface area contributed by atoms with Crippen molar-refractivity contribution in [3.05, 3.63) is 23.7 Å². The number of furan rings is 1. The van der Waals surface area contributed by atoms with Crippen LogP contribution in [0.4, 0.5) is 0 Å². The molecule has 1 aromatic heterocycles. The molecule has 0 radical (unpaired) electrons. The number of nitrogens with two attached hydrogens (primary N) is 1. The van der Waals surface area contributed by atoms with Gasteiger partial charge in [0.05, 0.1) is 12.1 Å². The first-order valence-corrected chi connectivity index (χ1v) is 4.17. The lowest BCUT2D eigenvalue weighted by molar-refractivity contribution is 0.152. The molecule has 1 aromatic rings. The van der Waals surface area contributed by atoms with E-state index in [2.05, 4.69) is 0 Å². The first-order chi connectivity index (χ1) is 5.65. The Morgan fingerprint density at radius 2 is 2.25 bits per heavy atom. The highest BCUT2D eigenvalue weighted by Gasteiger charge is 2.15. The van der Waals surface area contributed by atoms with Crippen molar-refractivity contribution >= 4 is 0 Å². The van der Waals surface area contributed by atoms with E-state index in [4.69, 9.17) is 10.2 Å². The van der Waals surface area contributed by atoms with E-state index in [0.29, 0.717) is 5.76 Å². The molecule has 1 unspecified atom stereocenters. The summed E-state index contributed by atoms with van der Waals surface area (Å²) in [5.74, 6) is 1.56. The van der Waals surface area contributed by atoms with E-state index in [-0.39, 0.29) is 0 Å². The molecular weight excluding hydrogens is 154 g/mol. The van der Waals surface area contributed by atoms with Crippen molar-refractivity contribution in [2.45, 2.75) is 32.4 Å². The molecule has 0 aliphatic rings. The van der Waals surface area contributed by atoms with Gasteiger partial charge in [-0.05, 0) is 19.1 Å². The van der Waals surface area contributed by atoms with Gasteiger partial charge in [0.2, 0.25) is 0 Å². The third-order valence-corrected chi connectivity index (χ3v) is 1.88. The maximum absolute atomic E-state index is 9.17. The minimum Gasteiger partial charge on any atom is -0.464 e. The molecule has 12 heavy (non-hydrogen) atoms. The van der Waals surface area contributed by atoms with Crippen molar-refractivity contribution in [3.63, 3.8) is 0 Å². The first kappa shape index (κ1) is 9.29. The van der Waals surface area contributed by atoms with E-state index in [0.717, 1.165) is 12.2 Å². The number of hydrogen-bond acceptors (Lipinski definition) is 3. The molecule has 3 nitrogen and oxygen atoms in total. The second-order valence-electron chi connectivity index (χ2n) is 2.92. The van der Waals surface area contributed by atoms with Crippen molar-refractivity contribution < 1.29 is 9.52 Å². The zero-order valence-corrected chi connectivity index (χ0v) is 7.45. The molecular formula is C9H15NO2. The summed E-state index contributed by atoms with van der Waals surface area (Å²) in [6.45, 7) is 3.66. The molecule has 0 aliphatic carbocycles. The van der Waals surface area contributed by atoms with Crippen molar-refractivity contribution in [1.29, 1.82) is 0 Å². The summed E-state index contributed by atoms with van der Waals surface area (Å²) in [6.07, 6.45) is 0.285. The Kier molecular flexibility index (Phi) is 2.89. The molecule has 1 rings (SSSR count). The smallest absolute Gasteiger partial charge is 0.123 e. The van der Waals surface area contributed by atoms with E-state index in [9.17, 15) is 5.11 Å². The van der Waals surface area contributed by atoms with Gasteiger partial charge in [0, 0.05) is 6.42 Å². The van der Waals surface area contributed by atoms with Gasteiger partial charge in [-0.1, -0.05) is 6.92 Å². The summed E-state index contributed by atoms with van der Waals surface area (Å²) in [5, 5.41) is 9.17. The average molecular weight is 169 g/mol. The monoisotopic (exact) mass is 169 g/mol. The second kappa shape index (κ2) is 3.74. The summed E-state index contributed by atoms with van der Waals surface area (Å²) in [5.41, 5.74) is 5.66. The zero-order chi connectivity index (χ0) is 9.14. The van der Waals surface area contributed by atoms with Gasteiger partial charge in [0.25, 0.3) is 0 Å². The molecule has 1 heterocycles. The fraction of sp³-hybridized carbons (Fsp3) is 0.556. The van der Waals surface area contributed by atoms with Crippen molar-refractivity contribution in [2.24, 2.45) is 5.73 Å². The van der Waals surface area contributed by atoms with Crippen molar-refractivity contribution in [1.82, 2.24) is 0 Å². The molecule has 0 amide bonds. The molecule has 3 N–H and O–H groups in total. The SMILES string of the molecule is CCc1ccc([C@H](N)C(C)O)o1. The summed E-state index contributed by atoms with van der Waals surface area (Å²) in [6, 6.07) is 3.29. The highest BCUT2D eigenvalue weighted by Crippen LogP contribution is 2.17. The van der Waals surface area contributed by atoms with Crippen LogP contribution < -0.4 is 5.73 Å². The summed E-state index contributed by atoms with van der Waals surface area (Å²) >= 11 is 0. The molecule has 0 spiro atoms. The molecule has 3 heteroatoms. The van der Waals surface area contributed by atoms with Gasteiger partial charge >= 0.3 is 0 Å². The fourth-order valence-corrected chi connectivity index (χ4v) is 1.00. The van der Waals surface area contributed by atoms with Gasteiger partial charge < -0.3 is 15.3 Å². The Morgan fingerprint density at radius 1 is 1.58 bits per heavy atom. The molecule has 0 bridgehead atoms. The standard InChI is InChI=1S/C9H15NO2/c1-3-7-4-5-8(12-7)9(10)6(2)11/h4-6,9,11H,3,10H2,1-2H3/t6?,9-/m1/s1. The normalized spacial score (nSPS) is 16.0. The Bertz CT molecular complexity index is 242. The van der Waals surface area contributed by atoms with Crippen LogP contribution in [0.5, 0.6) is 0 Å². The van der Waals surface area contributed by atoms with Crippen LogP contribution in [0.2, 0.25) is 0 Å². The van der Waals surface area contributed by atoms with E-state index < -0.39 is 12.1 Å². The summed E-state index contributed by atoms with van der Waals surface area (Å²) in [4.78, 5) is 0. The van der Waals surface area contributed by atoms with Crippen molar-refractivity contribution in [2.75, 3.05) is 0 Å². The maximum Gasteiger partial charge on any atom is 0.123 e. The number of hydrogen-bond donors (Lipinski definition) is 2. The number of aliphatic hydroxyl groups is 1. The quantitative estimate of drug-likeness (QED) is 0.715. The van der Waals surface area contributed by atoms with Crippen LogP contribution in [0.3, 0.4) is 0 Å². The van der Waals surface area contributed by atoms with Crippen LogP contribution in [0.1, 0.15) is 31.4 Å². The van der Waals surface area contributed by atoms with Crippen molar-refractivity contribution in [3.8, 4) is 0 Å². The molecule has 0 saturated carbocycles. The molecule has 2 atom stereocenters. The topological polar surface area (TPSA) is 59.4 Å². The van der Waals surface area contributed by atoms with E-state index in [1.807, 2.05) is 19.1 Å². The lowest BCUT2D eigenvalue weighted by atomic mass is 10.1. The van der Waals surface area contributed by atoms with Crippen LogP contribution in [0.15, 0.2) is 16.5 Å². The van der Waals surface area contributed by atoms with Crippen LogP contribution in [-0.2, 0) is 6.42 Å². The van der Waals surface area contributed by atoms with Crippen LogP contribution in [-0.4, -0.2) is 11.2 Å². The number of aryl methyl sites for hydroxylation is 1. The Labute approximate surface area is 72.2 Å². The van der Waals surface area contributed by atoms with Gasteiger partial charge in [0.15, 0.2) is 0 Å². The molecule has 0 fully saturated rings. The molecule has 68 valence electrons. The summed E-state index contributed by atoms with van der Waals surface area (Å²) < 4.78 is 5.37. The summed E-state index contributed by atoms with van der Waals surface area (Å²) in [7, 11) is 0. The second-order valence-corrected chi connectivity index (χ2v) is 2.92. The number of aliphatic hydroxyl groups excluding tert-OH is 1. The zero-order valence-electron chi connectivity index (χ0n) is 7.45. The Morgan fingerprint density at radius 3 is 2.67 bits per heavy atom. The van der Waals surface area contributed by atoms with Crippen LogP contribution >= 0.6 is 0 Å². The lowest BCUT2D eigenvalue weighted by Crippen LogP contribution is -2.22. The minimum absolute atomic E-state index is 0.412. The number of rotatable bonds is 3. The first-order valence-electron chi connectivity index (χ1n) is 4.17. The van der Waals surface area contributed by atoms with E-state index in [1.54, 1.807) is 6.92 Å². The Balaban J connectivity index is 2.74.